The Hall–Kier alpha value is -2.11. The van der Waals surface area contributed by atoms with Gasteiger partial charge < -0.3 is 14.8 Å². The standard InChI is InChI=1S/C19H26FNO4/c1-12-6-4-5-7-16(12)21-19(23)13(2)25-18(22)11-14-8-9-17(24-3)15(20)10-14/h8-10,12-13,16H,4-7,11H2,1-3H3,(H,21,23)/t12-,13-,16+/m1/s1. The van der Waals surface area contributed by atoms with E-state index in [0.717, 1.165) is 19.3 Å². The Morgan fingerprint density at radius 2 is 2.04 bits per heavy atom. The summed E-state index contributed by atoms with van der Waals surface area (Å²) in [7, 11) is 1.37. The quantitative estimate of drug-likeness (QED) is 0.800. The average Bonchev–Trinajstić information content (AvgIpc) is 2.57. The maximum atomic E-state index is 13.6. The van der Waals surface area contributed by atoms with Crippen LogP contribution in [0.2, 0.25) is 0 Å². The van der Waals surface area contributed by atoms with E-state index in [1.54, 1.807) is 13.0 Å². The molecule has 1 aromatic rings. The van der Waals surface area contributed by atoms with Crippen molar-refractivity contribution < 1.29 is 23.5 Å². The third-order valence-corrected chi connectivity index (χ3v) is 4.68. The van der Waals surface area contributed by atoms with Crippen molar-refractivity contribution in [3.8, 4) is 5.75 Å². The molecule has 0 radical (unpaired) electrons. The van der Waals surface area contributed by atoms with Crippen LogP contribution in [0, 0.1) is 11.7 Å². The highest BCUT2D eigenvalue weighted by Crippen LogP contribution is 2.24. The number of amides is 1. The van der Waals surface area contributed by atoms with Crippen LogP contribution in [0.4, 0.5) is 4.39 Å². The number of benzene rings is 1. The molecule has 25 heavy (non-hydrogen) atoms. The van der Waals surface area contributed by atoms with Crippen molar-refractivity contribution in [1.29, 1.82) is 0 Å². The first-order valence-electron chi connectivity index (χ1n) is 8.73. The van der Waals surface area contributed by atoms with E-state index in [9.17, 15) is 14.0 Å². The lowest BCUT2D eigenvalue weighted by Gasteiger charge is -2.30. The third-order valence-electron chi connectivity index (χ3n) is 4.68. The fourth-order valence-electron chi connectivity index (χ4n) is 3.11. The summed E-state index contributed by atoms with van der Waals surface area (Å²) in [5.41, 5.74) is 0.469. The fraction of sp³-hybridized carbons (Fsp3) is 0.579. The maximum Gasteiger partial charge on any atom is 0.311 e. The van der Waals surface area contributed by atoms with Crippen molar-refractivity contribution in [1.82, 2.24) is 5.32 Å². The van der Waals surface area contributed by atoms with Gasteiger partial charge in [0.1, 0.15) is 0 Å². The highest BCUT2D eigenvalue weighted by atomic mass is 19.1. The summed E-state index contributed by atoms with van der Waals surface area (Å²) in [6.45, 7) is 3.67. The zero-order valence-electron chi connectivity index (χ0n) is 15.0. The maximum absolute atomic E-state index is 13.6. The van der Waals surface area contributed by atoms with Gasteiger partial charge in [-0.25, -0.2) is 4.39 Å². The number of halogens is 1. The number of esters is 1. The van der Waals surface area contributed by atoms with Gasteiger partial charge in [-0.3, -0.25) is 9.59 Å². The smallest absolute Gasteiger partial charge is 0.311 e. The molecule has 1 amide bonds. The lowest BCUT2D eigenvalue weighted by Crippen LogP contribution is -2.46. The van der Waals surface area contributed by atoms with Gasteiger partial charge in [-0.1, -0.05) is 25.8 Å². The number of methoxy groups -OCH3 is 1. The Labute approximate surface area is 147 Å². The molecule has 138 valence electrons. The minimum Gasteiger partial charge on any atom is -0.494 e. The summed E-state index contributed by atoms with van der Waals surface area (Å²) in [6, 6.07) is 4.42. The first-order chi connectivity index (χ1) is 11.9. The largest absolute Gasteiger partial charge is 0.494 e. The molecular weight excluding hydrogens is 325 g/mol. The monoisotopic (exact) mass is 351 g/mol. The van der Waals surface area contributed by atoms with E-state index in [-0.39, 0.29) is 24.1 Å². The third kappa shape index (κ3) is 5.44. The summed E-state index contributed by atoms with van der Waals surface area (Å²) in [4.78, 5) is 24.2. The molecular formula is C19H26FNO4. The molecule has 1 N–H and O–H groups in total. The number of rotatable bonds is 6. The molecule has 0 bridgehead atoms. The molecule has 0 heterocycles. The van der Waals surface area contributed by atoms with Crippen LogP contribution in [0.3, 0.4) is 0 Å². The predicted octanol–water partition coefficient (Wildman–Crippen LogP) is 3.00. The fourth-order valence-corrected chi connectivity index (χ4v) is 3.11. The molecule has 0 aromatic heterocycles. The van der Waals surface area contributed by atoms with E-state index < -0.39 is 17.9 Å². The average molecular weight is 351 g/mol. The summed E-state index contributed by atoms with van der Waals surface area (Å²) < 4.78 is 23.7. The second-order valence-electron chi connectivity index (χ2n) is 6.65. The van der Waals surface area contributed by atoms with Gasteiger partial charge in [-0.2, -0.15) is 0 Å². The molecule has 0 aliphatic heterocycles. The van der Waals surface area contributed by atoms with Gasteiger partial charge in [0, 0.05) is 6.04 Å². The molecule has 1 aliphatic carbocycles. The molecule has 0 saturated heterocycles. The topological polar surface area (TPSA) is 64.6 Å². The Kier molecular flexibility index (Phi) is 6.79. The van der Waals surface area contributed by atoms with Crippen LogP contribution in [0.1, 0.15) is 45.1 Å². The lowest BCUT2D eigenvalue weighted by atomic mass is 9.86. The van der Waals surface area contributed by atoms with E-state index in [1.165, 1.54) is 25.7 Å². The predicted molar refractivity (Wildman–Crippen MR) is 91.8 cm³/mol. The van der Waals surface area contributed by atoms with E-state index in [4.69, 9.17) is 9.47 Å². The number of carbonyl (C=O) groups is 2. The molecule has 2 rings (SSSR count). The molecule has 6 heteroatoms. The lowest BCUT2D eigenvalue weighted by molar-refractivity contribution is -0.154. The van der Waals surface area contributed by atoms with Crippen LogP contribution < -0.4 is 10.1 Å². The summed E-state index contributed by atoms with van der Waals surface area (Å²) in [5, 5.41) is 2.97. The van der Waals surface area contributed by atoms with Gasteiger partial charge in [0.25, 0.3) is 5.91 Å². The second-order valence-corrected chi connectivity index (χ2v) is 6.65. The number of ether oxygens (including phenoxy) is 2. The van der Waals surface area contributed by atoms with Gasteiger partial charge in [0.2, 0.25) is 0 Å². The molecule has 1 aromatic carbocycles. The van der Waals surface area contributed by atoms with Crippen molar-refractivity contribution in [2.45, 2.75) is 58.1 Å². The zero-order chi connectivity index (χ0) is 18.4. The Morgan fingerprint density at radius 1 is 1.32 bits per heavy atom. The van der Waals surface area contributed by atoms with Crippen LogP contribution >= 0.6 is 0 Å². The van der Waals surface area contributed by atoms with E-state index in [0.29, 0.717) is 11.5 Å². The normalized spacial score (nSPS) is 21.3. The Morgan fingerprint density at radius 3 is 2.68 bits per heavy atom. The van der Waals surface area contributed by atoms with E-state index in [1.807, 2.05) is 0 Å². The van der Waals surface area contributed by atoms with Crippen molar-refractivity contribution in [3.63, 3.8) is 0 Å². The number of nitrogens with one attached hydrogen (secondary N) is 1. The van der Waals surface area contributed by atoms with Crippen LogP contribution in [-0.4, -0.2) is 31.1 Å². The molecule has 0 unspecified atom stereocenters. The first kappa shape index (κ1) is 19.2. The molecule has 1 saturated carbocycles. The summed E-state index contributed by atoms with van der Waals surface area (Å²) >= 11 is 0. The molecule has 3 atom stereocenters. The number of carbonyl (C=O) groups excluding carboxylic acids is 2. The van der Waals surface area contributed by atoms with Crippen LogP contribution in [-0.2, 0) is 20.7 Å². The molecule has 1 aliphatic rings. The van der Waals surface area contributed by atoms with Crippen molar-refractivity contribution in [2.75, 3.05) is 7.11 Å². The second kappa shape index (κ2) is 8.83. The van der Waals surface area contributed by atoms with Crippen LogP contribution in [0.15, 0.2) is 18.2 Å². The minimum atomic E-state index is -0.871. The van der Waals surface area contributed by atoms with Gasteiger partial charge in [0.15, 0.2) is 17.7 Å². The van der Waals surface area contributed by atoms with Gasteiger partial charge in [-0.05, 0) is 43.4 Å². The van der Waals surface area contributed by atoms with Gasteiger partial charge in [-0.15, -0.1) is 0 Å². The summed E-state index contributed by atoms with van der Waals surface area (Å²) in [5.74, 6) is -0.837. The van der Waals surface area contributed by atoms with Crippen LogP contribution in [0.25, 0.3) is 0 Å². The Bertz CT molecular complexity index is 619. The summed E-state index contributed by atoms with van der Waals surface area (Å²) in [6.07, 6.45) is 3.38. The molecule has 5 nitrogen and oxygen atoms in total. The van der Waals surface area contributed by atoms with Gasteiger partial charge in [0.05, 0.1) is 13.5 Å². The highest BCUT2D eigenvalue weighted by molar-refractivity contribution is 5.84. The van der Waals surface area contributed by atoms with E-state index >= 15 is 0 Å². The Balaban J connectivity index is 1.84. The molecule has 1 fully saturated rings. The first-order valence-corrected chi connectivity index (χ1v) is 8.73. The number of hydrogen-bond donors (Lipinski definition) is 1. The SMILES string of the molecule is COc1ccc(CC(=O)O[C@H](C)C(=O)N[C@H]2CCCC[C@H]2C)cc1F. The van der Waals surface area contributed by atoms with E-state index in [2.05, 4.69) is 12.2 Å². The van der Waals surface area contributed by atoms with Crippen molar-refractivity contribution in [2.24, 2.45) is 5.92 Å². The highest BCUT2D eigenvalue weighted by Gasteiger charge is 2.26. The van der Waals surface area contributed by atoms with Crippen LogP contribution in [0.5, 0.6) is 5.75 Å². The number of hydrogen-bond acceptors (Lipinski definition) is 4. The van der Waals surface area contributed by atoms with Crippen molar-refractivity contribution >= 4 is 11.9 Å². The zero-order valence-corrected chi connectivity index (χ0v) is 15.0. The molecule has 0 spiro atoms. The van der Waals surface area contributed by atoms with Crippen molar-refractivity contribution in [3.05, 3.63) is 29.6 Å². The van der Waals surface area contributed by atoms with Gasteiger partial charge >= 0.3 is 5.97 Å². The minimum absolute atomic E-state index is 0.0988.